The van der Waals surface area contributed by atoms with E-state index in [1.807, 2.05) is 18.2 Å². The average molecular weight is 405 g/mol. The zero-order valence-corrected chi connectivity index (χ0v) is 16.7. The largest absolute Gasteiger partial charge is 0.506 e. The smallest absolute Gasteiger partial charge is 0.322 e. The van der Waals surface area contributed by atoms with Gasteiger partial charge in [-0.15, -0.1) is 0 Å². The third-order valence-corrected chi connectivity index (χ3v) is 5.30. The molecule has 1 aromatic heterocycles. The monoisotopic (exact) mass is 405 g/mol. The zero-order valence-electron chi connectivity index (χ0n) is 16.7. The number of carbonyl (C=O) groups is 2. The van der Waals surface area contributed by atoms with Crippen molar-refractivity contribution in [3.8, 4) is 28.8 Å². The van der Waals surface area contributed by atoms with Crippen LogP contribution in [0.15, 0.2) is 36.4 Å². The molecule has 2 fully saturated rings. The number of rotatable bonds is 3. The van der Waals surface area contributed by atoms with Crippen LogP contribution < -0.4 is 15.5 Å². The number of aromatic hydroxyl groups is 1. The summed E-state index contributed by atoms with van der Waals surface area (Å²) in [6.45, 7) is 7.03. The van der Waals surface area contributed by atoms with E-state index < -0.39 is 18.0 Å². The van der Waals surface area contributed by atoms with Crippen molar-refractivity contribution in [3.05, 3.63) is 42.0 Å². The molecule has 0 spiro atoms. The van der Waals surface area contributed by atoms with Gasteiger partial charge < -0.3 is 20.2 Å². The lowest BCUT2D eigenvalue weighted by atomic mass is 10.1. The second kappa shape index (κ2) is 8.43. The lowest BCUT2D eigenvalue weighted by Gasteiger charge is -2.34. The minimum Gasteiger partial charge on any atom is -0.506 e. The van der Waals surface area contributed by atoms with Gasteiger partial charge in [0.15, 0.2) is 6.04 Å². The van der Waals surface area contributed by atoms with Gasteiger partial charge in [-0.1, -0.05) is 30.9 Å². The molecular formula is C22H23N5O3. The summed E-state index contributed by atoms with van der Waals surface area (Å²) in [6.07, 6.45) is 0. The van der Waals surface area contributed by atoms with Gasteiger partial charge in [-0.3, -0.25) is 10.1 Å². The van der Waals surface area contributed by atoms with Crippen LogP contribution in [-0.4, -0.2) is 65.7 Å². The average Bonchev–Trinajstić information content (AvgIpc) is 3.10. The van der Waals surface area contributed by atoms with Crippen molar-refractivity contribution in [3.63, 3.8) is 0 Å². The second-order valence-corrected chi connectivity index (χ2v) is 7.20. The number of anilines is 1. The number of aromatic nitrogens is 1. The van der Waals surface area contributed by atoms with Crippen molar-refractivity contribution in [2.75, 3.05) is 37.6 Å². The third-order valence-electron chi connectivity index (χ3n) is 5.30. The van der Waals surface area contributed by atoms with Gasteiger partial charge in [0.05, 0.1) is 0 Å². The Morgan fingerprint density at radius 1 is 1.10 bits per heavy atom. The van der Waals surface area contributed by atoms with Crippen molar-refractivity contribution < 1.29 is 14.7 Å². The number of urea groups is 1. The lowest BCUT2D eigenvalue weighted by Crippen LogP contribution is -2.46. The van der Waals surface area contributed by atoms with E-state index in [0.717, 1.165) is 44.1 Å². The van der Waals surface area contributed by atoms with Gasteiger partial charge in [0.2, 0.25) is 0 Å². The van der Waals surface area contributed by atoms with Crippen LogP contribution in [0.2, 0.25) is 0 Å². The molecule has 2 aromatic rings. The van der Waals surface area contributed by atoms with E-state index in [-0.39, 0.29) is 5.75 Å². The number of amides is 3. The molecule has 8 heteroatoms. The first-order chi connectivity index (χ1) is 14.5. The predicted octanol–water partition coefficient (Wildman–Crippen LogP) is 1.16. The van der Waals surface area contributed by atoms with Crippen molar-refractivity contribution >= 4 is 17.8 Å². The topological polar surface area (TPSA) is 97.8 Å². The number of nitrogens with one attached hydrogen (secondary N) is 2. The summed E-state index contributed by atoms with van der Waals surface area (Å²) in [5, 5.41) is 14.9. The van der Waals surface area contributed by atoms with Gasteiger partial charge in [0.25, 0.3) is 5.91 Å². The molecule has 2 saturated heterocycles. The first-order valence-corrected chi connectivity index (χ1v) is 9.94. The predicted molar refractivity (Wildman–Crippen MR) is 113 cm³/mol. The van der Waals surface area contributed by atoms with E-state index in [1.165, 1.54) is 0 Å². The molecular weight excluding hydrogens is 382 g/mol. The molecule has 30 heavy (non-hydrogen) atoms. The van der Waals surface area contributed by atoms with Crippen LogP contribution in [0.3, 0.4) is 0 Å². The first-order valence-electron chi connectivity index (χ1n) is 9.94. The SMILES string of the molecule is CCN1CCN(c2ccc(O)c(-c3ccc(C#CC4NC(=O)NC4=O)cc3)n2)CC1. The van der Waals surface area contributed by atoms with Crippen LogP contribution in [0.5, 0.6) is 5.75 Å². The van der Waals surface area contributed by atoms with Crippen molar-refractivity contribution in [1.29, 1.82) is 0 Å². The van der Waals surface area contributed by atoms with Crippen LogP contribution in [0, 0.1) is 11.8 Å². The summed E-state index contributed by atoms with van der Waals surface area (Å²) in [4.78, 5) is 32.0. The highest BCUT2D eigenvalue weighted by Crippen LogP contribution is 2.30. The van der Waals surface area contributed by atoms with E-state index >= 15 is 0 Å². The Labute approximate surface area is 174 Å². The van der Waals surface area contributed by atoms with Gasteiger partial charge in [-0.2, -0.15) is 0 Å². The maximum atomic E-state index is 11.5. The summed E-state index contributed by atoms with van der Waals surface area (Å²) in [6, 6.07) is 9.41. The summed E-state index contributed by atoms with van der Waals surface area (Å²) < 4.78 is 0. The number of hydrogen-bond donors (Lipinski definition) is 3. The molecule has 1 atom stereocenters. The third kappa shape index (κ3) is 4.21. The quantitative estimate of drug-likeness (QED) is 0.524. The van der Waals surface area contributed by atoms with Crippen LogP contribution >= 0.6 is 0 Å². The molecule has 4 rings (SSSR count). The molecule has 1 unspecified atom stereocenters. The molecule has 8 nitrogen and oxygen atoms in total. The Hall–Kier alpha value is -3.57. The van der Waals surface area contributed by atoms with Crippen molar-refractivity contribution in [2.45, 2.75) is 13.0 Å². The van der Waals surface area contributed by atoms with Gasteiger partial charge in [-0.25, -0.2) is 9.78 Å². The van der Waals surface area contributed by atoms with Crippen LogP contribution in [0.1, 0.15) is 12.5 Å². The first kappa shape index (κ1) is 19.7. The Bertz CT molecular complexity index is 1020. The normalized spacial score (nSPS) is 19.1. The van der Waals surface area contributed by atoms with E-state index in [4.69, 9.17) is 4.98 Å². The van der Waals surface area contributed by atoms with Crippen molar-refractivity contribution in [2.24, 2.45) is 0 Å². The Balaban J connectivity index is 1.50. The molecule has 0 radical (unpaired) electrons. The van der Waals surface area contributed by atoms with Gasteiger partial charge >= 0.3 is 6.03 Å². The molecule has 154 valence electrons. The highest BCUT2D eigenvalue weighted by Gasteiger charge is 2.27. The Kier molecular flexibility index (Phi) is 5.55. The standard InChI is InChI=1S/C22H23N5O3/c1-2-26-11-13-27(14-12-26)19-10-9-18(28)20(24-19)16-6-3-15(4-7-16)5-8-17-21(29)25-22(30)23-17/h3-4,6-7,9-10,17,28H,2,11-14H2,1H3,(H2,23,25,29,30). The minimum absolute atomic E-state index is 0.120. The van der Waals surface area contributed by atoms with E-state index in [9.17, 15) is 14.7 Å². The molecule has 1 aromatic carbocycles. The number of benzene rings is 1. The number of hydrogen-bond acceptors (Lipinski definition) is 6. The fourth-order valence-electron chi connectivity index (χ4n) is 3.51. The molecule has 2 aliphatic heterocycles. The molecule has 2 aliphatic rings. The molecule has 3 heterocycles. The lowest BCUT2D eigenvalue weighted by molar-refractivity contribution is -0.119. The molecule has 0 saturated carbocycles. The number of nitrogens with zero attached hydrogens (tertiary/aromatic N) is 3. The summed E-state index contributed by atoms with van der Waals surface area (Å²) in [5.41, 5.74) is 1.99. The Morgan fingerprint density at radius 2 is 1.83 bits per heavy atom. The molecule has 0 bridgehead atoms. The van der Waals surface area contributed by atoms with E-state index in [0.29, 0.717) is 11.3 Å². The second-order valence-electron chi connectivity index (χ2n) is 7.20. The minimum atomic E-state index is -0.840. The summed E-state index contributed by atoms with van der Waals surface area (Å²) in [7, 11) is 0. The number of likely N-dealkylation sites (N-methyl/N-ethyl adjacent to an activating group) is 1. The maximum Gasteiger partial charge on any atom is 0.322 e. The van der Waals surface area contributed by atoms with Crippen LogP contribution in [0.4, 0.5) is 10.6 Å². The number of piperazine rings is 1. The highest BCUT2D eigenvalue weighted by molar-refractivity contribution is 6.05. The van der Waals surface area contributed by atoms with Crippen molar-refractivity contribution in [1.82, 2.24) is 20.5 Å². The fraction of sp³-hybridized carbons (Fsp3) is 0.318. The van der Waals surface area contributed by atoms with Crippen LogP contribution in [-0.2, 0) is 4.79 Å². The summed E-state index contributed by atoms with van der Waals surface area (Å²) in [5.74, 6) is 6.15. The molecule has 3 N–H and O–H groups in total. The highest BCUT2D eigenvalue weighted by atomic mass is 16.3. The molecule has 3 amide bonds. The summed E-state index contributed by atoms with van der Waals surface area (Å²) >= 11 is 0. The fourth-order valence-corrected chi connectivity index (χ4v) is 3.51. The van der Waals surface area contributed by atoms with Gasteiger partial charge in [0.1, 0.15) is 17.3 Å². The molecule has 0 aliphatic carbocycles. The van der Waals surface area contributed by atoms with E-state index in [1.54, 1.807) is 18.2 Å². The van der Waals surface area contributed by atoms with Gasteiger partial charge in [-0.05, 0) is 30.8 Å². The zero-order chi connectivity index (χ0) is 21.1. The van der Waals surface area contributed by atoms with E-state index in [2.05, 4.69) is 39.2 Å². The van der Waals surface area contributed by atoms with Gasteiger partial charge in [0, 0.05) is 37.3 Å². The number of imide groups is 1. The van der Waals surface area contributed by atoms with Crippen LogP contribution in [0.25, 0.3) is 11.3 Å². The Morgan fingerprint density at radius 3 is 2.47 bits per heavy atom. The maximum absolute atomic E-state index is 11.5. The number of pyridine rings is 1. The number of carbonyl (C=O) groups excluding carboxylic acids is 2.